The molecule has 1 fully saturated rings. The van der Waals surface area contributed by atoms with E-state index in [2.05, 4.69) is 17.8 Å². The van der Waals surface area contributed by atoms with Crippen molar-refractivity contribution in [1.29, 1.82) is 0 Å². The van der Waals surface area contributed by atoms with Gasteiger partial charge >= 0.3 is 0 Å². The molecule has 158 valence electrons. The van der Waals surface area contributed by atoms with E-state index >= 15 is 0 Å². The highest BCUT2D eigenvalue weighted by atomic mass is 16.5. The van der Waals surface area contributed by atoms with E-state index in [1.807, 2.05) is 0 Å². The van der Waals surface area contributed by atoms with Gasteiger partial charge in [-0.2, -0.15) is 0 Å². The van der Waals surface area contributed by atoms with Crippen LogP contribution in [-0.4, -0.2) is 37.1 Å². The summed E-state index contributed by atoms with van der Waals surface area (Å²) in [5.74, 6) is 2.16. The minimum absolute atomic E-state index is 0.740. The van der Waals surface area contributed by atoms with E-state index < -0.39 is 0 Å². The largest absolute Gasteiger partial charge is 0.378 e. The smallest absolute Gasteiger partial charge is 0.145 e. The molecule has 0 bridgehead atoms. The predicted octanol–water partition coefficient (Wildman–Crippen LogP) is 6.69. The molecular weight excluding hydrogens is 334 g/mol. The molecule has 0 aromatic rings. The van der Waals surface area contributed by atoms with Crippen molar-refractivity contribution in [1.82, 2.24) is 4.90 Å². The molecule has 27 heavy (non-hydrogen) atoms. The summed E-state index contributed by atoms with van der Waals surface area (Å²) in [6.07, 6.45) is 23.0. The lowest BCUT2D eigenvalue weighted by Crippen LogP contribution is -2.35. The lowest BCUT2D eigenvalue weighted by atomic mass is 10.0. The van der Waals surface area contributed by atoms with Crippen molar-refractivity contribution in [2.75, 3.05) is 26.3 Å². The normalized spacial score (nSPS) is 14.3. The SMILES string of the molecule is CCCCCCCCCCCCCCCCCCC(=C=O)N1CCOCC1. The average Bonchev–Trinajstić information content (AvgIpc) is 2.71. The Morgan fingerprint density at radius 1 is 0.704 bits per heavy atom. The first-order valence-electron chi connectivity index (χ1n) is 11.9. The van der Waals surface area contributed by atoms with Gasteiger partial charge in [-0.1, -0.05) is 103 Å². The van der Waals surface area contributed by atoms with Crippen molar-refractivity contribution < 1.29 is 9.53 Å². The summed E-state index contributed by atoms with van der Waals surface area (Å²) < 4.78 is 5.34. The number of nitrogens with zero attached hydrogens (tertiary/aromatic N) is 1. The Balaban J connectivity index is 1.79. The van der Waals surface area contributed by atoms with Crippen molar-refractivity contribution in [2.24, 2.45) is 0 Å². The molecule has 0 N–H and O–H groups in total. The second-order valence-corrected chi connectivity index (χ2v) is 8.20. The van der Waals surface area contributed by atoms with Gasteiger partial charge in [0.05, 0.1) is 18.9 Å². The van der Waals surface area contributed by atoms with Gasteiger partial charge in [0.15, 0.2) is 0 Å². The van der Waals surface area contributed by atoms with Gasteiger partial charge < -0.3 is 9.64 Å². The van der Waals surface area contributed by atoms with Crippen LogP contribution in [0.25, 0.3) is 0 Å². The minimum atomic E-state index is 0.740. The zero-order chi connectivity index (χ0) is 19.4. The molecule has 1 aliphatic heterocycles. The Labute approximate surface area is 168 Å². The van der Waals surface area contributed by atoms with E-state index in [1.165, 1.54) is 96.3 Å². The third-order valence-corrected chi connectivity index (χ3v) is 5.78. The number of rotatable bonds is 18. The van der Waals surface area contributed by atoms with Crippen LogP contribution >= 0.6 is 0 Å². The second kappa shape index (κ2) is 18.6. The van der Waals surface area contributed by atoms with Crippen LogP contribution in [0.5, 0.6) is 0 Å². The Kier molecular flexibility index (Phi) is 16.7. The Bertz CT molecular complexity index is 371. The summed E-state index contributed by atoms with van der Waals surface area (Å²) in [6.45, 7) is 5.47. The average molecular weight is 380 g/mol. The molecule has 0 amide bonds. The highest BCUT2D eigenvalue weighted by Gasteiger charge is 2.14. The van der Waals surface area contributed by atoms with E-state index in [0.717, 1.165) is 44.8 Å². The van der Waals surface area contributed by atoms with Gasteiger partial charge in [-0.3, -0.25) is 0 Å². The summed E-state index contributed by atoms with van der Waals surface area (Å²) in [4.78, 5) is 13.3. The summed E-state index contributed by atoms with van der Waals surface area (Å²) in [5, 5.41) is 0. The van der Waals surface area contributed by atoms with E-state index in [0.29, 0.717) is 0 Å². The molecule has 3 nitrogen and oxygen atoms in total. The number of hydrogen-bond acceptors (Lipinski definition) is 3. The zero-order valence-corrected chi connectivity index (χ0v) is 18.1. The molecule has 0 aromatic carbocycles. The molecule has 0 aromatic heterocycles. The molecule has 1 heterocycles. The van der Waals surface area contributed by atoms with Crippen LogP contribution in [0.1, 0.15) is 116 Å². The quantitative estimate of drug-likeness (QED) is 0.196. The fourth-order valence-corrected chi connectivity index (χ4v) is 3.95. The second-order valence-electron chi connectivity index (χ2n) is 8.20. The van der Waals surface area contributed by atoms with Crippen LogP contribution in [0.4, 0.5) is 0 Å². The molecule has 3 heteroatoms. The van der Waals surface area contributed by atoms with E-state index in [-0.39, 0.29) is 0 Å². The van der Waals surface area contributed by atoms with Crippen molar-refractivity contribution in [3.05, 3.63) is 5.70 Å². The molecular formula is C24H45NO2. The lowest BCUT2D eigenvalue weighted by molar-refractivity contribution is 0.0526. The lowest BCUT2D eigenvalue weighted by Gasteiger charge is -2.28. The fraction of sp³-hybridized carbons (Fsp3) is 0.917. The van der Waals surface area contributed by atoms with Gasteiger partial charge in [0, 0.05) is 13.1 Å². The van der Waals surface area contributed by atoms with E-state index in [4.69, 9.17) is 4.74 Å². The molecule has 0 aliphatic carbocycles. The molecule has 1 aliphatic rings. The number of hydrogen-bond donors (Lipinski definition) is 0. The van der Waals surface area contributed by atoms with Crippen LogP contribution in [-0.2, 0) is 9.53 Å². The Hall–Kier alpha value is -0.790. The van der Waals surface area contributed by atoms with Crippen LogP contribution in [0.2, 0.25) is 0 Å². The molecule has 0 unspecified atom stereocenters. The maximum Gasteiger partial charge on any atom is 0.145 e. The van der Waals surface area contributed by atoms with Crippen LogP contribution in [0, 0.1) is 0 Å². The van der Waals surface area contributed by atoms with Gasteiger partial charge in [-0.25, -0.2) is 4.79 Å². The topological polar surface area (TPSA) is 29.5 Å². The van der Waals surface area contributed by atoms with Gasteiger partial charge in [0.2, 0.25) is 0 Å². The van der Waals surface area contributed by atoms with Crippen LogP contribution in [0.3, 0.4) is 0 Å². The van der Waals surface area contributed by atoms with Gasteiger partial charge in [0.1, 0.15) is 5.94 Å². The third-order valence-electron chi connectivity index (χ3n) is 5.78. The molecule has 1 saturated heterocycles. The van der Waals surface area contributed by atoms with Gasteiger partial charge in [-0.15, -0.1) is 0 Å². The summed E-state index contributed by atoms with van der Waals surface area (Å²) >= 11 is 0. The summed E-state index contributed by atoms with van der Waals surface area (Å²) in [7, 11) is 0. The number of morpholine rings is 1. The summed E-state index contributed by atoms with van der Waals surface area (Å²) in [6, 6.07) is 0. The molecule has 1 rings (SSSR count). The first kappa shape index (κ1) is 24.2. The van der Waals surface area contributed by atoms with Crippen molar-refractivity contribution in [3.63, 3.8) is 0 Å². The maximum absolute atomic E-state index is 11.2. The van der Waals surface area contributed by atoms with Crippen molar-refractivity contribution in [3.8, 4) is 0 Å². The Morgan fingerprint density at radius 3 is 1.52 bits per heavy atom. The maximum atomic E-state index is 11.2. The highest BCUT2D eigenvalue weighted by molar-refractivity contribution is 5.51. The van der Waals surface area contributed by atoms with Gasteiger partial charge in [0.25, 0.3) is 0 Å². The summed E-state index contributed by atoms with van der Waals surface area (Å²) in [5.41, 5.74) is 0.865. The standard InChI is InChI=1S/C24H45NO2/c1-2-3-4-5-6-7-8-9-10-11-12-13-14-15-16-17-18-24(23-26)25-19-21-27-22-20-25/h2-22H2,1H3. The monoisotopic (exact) mass is 379 g/mol. The van der Waals surface area contributed by atoms with Crippen molar-refractivity contribution in [2.45, 2.75) is 116 Å². The predicted molar refractivity (Wildman–Crippen MR) is 116 cm³/mol. The Morgan fingerprint density at radius 2 is 1.11 bits per heavy atom. The first-order chi connectivity index (χ1) is 13.4. The molecule has 0 radical (unpaired) electrons. The minimum Gasteiger partial charge on any atom is -0.378 e. The fourth-order valence-electron chi connectivity index (χ4n) is 3.95. The number of carbonyl (C=O) groups excluding carboxylic acids is 1. The highest BCUT2D eigenvalue weighted by Crippen LogP contribution is 2.16. The van der Waals surface area contributed by atoms with E-state index in [1.54, 1.807) is 0 Å². The number of unbranched alkanes of at least 4 members (excludes halogenated alkanes) is 15. The third kappa shape index (κ3) is 13.9. The zero-order valence-electron chi connectivity index (χ0n) is 18.1. The van der Waals surface area contributed by atoms with Crippen molar-refractivity contribution >= 4 is 5.94 Å². The molecule has 0 atom stereocenters. The van der Waals surface area contributed by atoms with Crippen LogP contribution < -0.4 is 0 Å². The van der Waals surface area contributed by atoms with E-state index in [9.17, 15) is 4.79 Å². The molecule has 0 saturated carbocycles. The first-order valence-corrected chi connectivity index (χ1v) is 11.9. The van der Waals surface area contributed by atoms with Gasteiger partial charge in [-0.05, 0) is 12.8 Å². The van der Waals surface area contributed by atoms with Crippen LogP contribution in [0.15, 0.2) is 5.70 Å². The molecule has 0 spiro atoms. The number of allylic oxidation sites excluding steroid dienone is 1. The number of ether oxygens (including phenoxy) is 1.